The Hall–Kier alpha value is -3.98. The summed E-state index contributed by atoms with van der Waals surface area (Å²) in [5.74, 6) is -3.11. The number of methoxy groups -OCH3 is 1. The maximum Gasteiger partial charge on any atom is 0.255 e. The third-order valence-corrected chi connectivity index (χ3v) is 5.26. The lowest BCUT2D eigenvalue weighted by Gasteiger charge is -2.32. The van der Waals surface area contributed by atoms with Crippen molar-refractivity contribution in [1.82, 2.24) is 10.3 Å². The van der Waals surface area contributed by atoms with Crippen LogP contribution >= 0.6 is 0 Å². The van der Waals surface area contributed by atoms with Crippen molar-refractivity contribution in [2.75, 3.05) is 19.2 Å². The highest BCUT2D eigenvalue weighted by Gasteiger charge is 2.40. The fourth-order valence-electron chi connectivity index (χ4n) is 3.70. The van der Waals surface area contributed by atoms with Crippen LogP contribution in [0.25, 0.3) is 5.70 Å². The van der Waals surface area contributed by atoms with Crippen molar-refractivity contribution in [3.05, 3.63) is 101 Å². The molecule has 1 heterocycles. The Labute approximate surface area is 188 Å². The number of benzene rings is 3. The van der Waals surface area contributed by atoms with Gasteiger partial charge in [0, 0.05) is 24.7 Å². The van der Waals surface area contributed by atoms with Crippen LogP contribution in [0.2, 0.25) is 0 Å². The number of hydrogen-bond acceptors (Lipinski definition) is 5. The van der Waals surface area contributed by atoms with E-state index in [4.69, 9.17) is 4.74 Å². The molecule has 0 fully saturated rings. The van der Waals surface area contributed by atoms with E-state index >= 15 is 8.78 Å². The Morgan fingerprint density at radius 2 is 1.61 bits per heavy atom. The zero-order valence-corrected chi connectivity index (χ0v) is 17.7. The van der Waals surface area contributed by atoms with E-state index in [0.29, 0.717) is 5.69 Å². The maximum atomic E-state index is 15.0. The first-order valence-electron chi connectivity index (χ1n) is 9.92. The zero-order chi connectivity index (χ0) is 23.7. The number of ether oxygens (including phenoxy) is 1. The molecule has 1 aliphatic rings. The number of carbonyl (C=O) groups is 1. The van der Waals surface area contributed by atoms with Crippen LogP contribution in [0.5, 0.6) is 5.75 Å². The fraction of sp³-hybridized carbons (Fsp3) is 0.125. The lowest BCUT2D eigenvalue weighted by Crippen LogP contribution is -2.42. The van der Waals surface area contributed by atoms with E-state index in [1.807, 2.05) is 0 Å². The van der Waals surface area contributed by atoms with Gasteiger partial charge >= 0.3 is 0 Å². The lowest BCUT2D eigenvalue weighted by atomic mass is 10.1. The molecular formula is C24H20F3N3O3. The van der Waals surface area contributed by atoms with E-state index in [0.717, 1.165) is 24.3 Å². The Morgan fingerprint density at radius 1 is 1.00 bits per heavy atom. The fourth-order valence-corrected chi connectivity index (χ4v) is 3.70. The zero-order valence-electron chi connectivity index (χ0n) is 17.7. The van der Waals surface area contributed by atoms with Crippen LogP contribution in [0.4, 0.5) is 18.9 Å². The highest BCUT2D eigenvalue weighted by molar-refractivity contribution is 5.96. The molecule has 170 valence electrons. The van der Waals surface area contributed by atoms with Crippen molar-refractivity contribution in [2.24, 2.45) is 0 Å². The van der Waals surface area contributed by atoms with Crippen LogP contribution in [0.1, 0.15) is 15.9 Å². The summed E-state index contributed by atoms with van der Waals surface area (Å²) in [5, 5.41) is 16.4. The van der Waals surface area contributed by atoms with Crippen LogP contribution < -0.4 is 15.1 Å². The summed E-state index contributed by atoms with van der Waals surface area (Å²) < 4.78 is 48.2. The van der Waals surface area contributed by atoms with Gasteiger partial charge in [-0.25, -0.2) is 13.2 Å². The monoisotopic (exact) mass is 455 g/mol. The Bertz CT molecular complexity index is 1190. The molecule has 1 unspecified atom stereocenters. The number of anilines is 1. The van der Waals surface area contributed by atoms with Gasteiger partial charge in [-0.15, -0.1) is 0 Å². The molecule has 1 amide bonds. The normalized spacial score (nSPS) is 15.8. The van der Waals surface area contributed by atoms with E-state index in [1.54, 1.807) is 30.3 Å². The van der Waals surface area contributed by atoms with Gasteiger partial charge in [0.25, 0.3) is 5.91 Å². The van der Waals surface area contributed by atoms with E-state index in [-0.39, 0.29) is 22.7 Å². The molecule has 0 aromatic heterocycles. The second kappa shape index (κ2) is 8.87. The smallest absolute Gasteiger partial charge is 0.255 e. The molecule has 2 N–H and O–H groups in total. The first-order chi connectivity index (χ1) is 15.8. The molecule has 3 aromatic rings. The summed E-state index contributed by atoms with van der Waals surface area (Å²) in [6.45, 7) is 0. The number of hydrogen-bond donors (Lipinski definition) is 2. The summed E-state index contributed by atoms with van der Waals surface area (Å²) in [6, 6.07) is 15.4. The molecule has 1 aliphatic heterocycles. The van der Waals surface area contributed by atoms with E-state index in [9.17, 15) is 14.3 Å². The van der Waals surface area contributed by atoms with Crippen molar-refractivity contribution < 1.29 is 27.8 Å². The van der Waals surface area contributed by atoms with Crippen molar-refractivity contribution >= 4 is 17.3 Å². The average Bonchev–Trinajstić information content (AvgIpc) is 3.03. The van der Waals surface area contributed by atoms with Crippen LogP contribution in [0.15, 0.2) is 72.4 Å². The molecule has 3 aromatic carbocycles. The van der Waals surface area contributed by atoms with Gasteiger partial charge in [-0.2, -0.15) is 0 Å². The number of rotatable bonds is 5. The SMILES string of the molecule is COc1cc(F)c(C2=C(NC(=O)c3ccc(F)cc3)C(O)N(c3ccccc3)N2C)c(F)c1. The topological polar surface area (TPSA) is 65.0 Å². The van der Waals surface area contributed by atoms with E-state index in [1.165, 1.54) is 36.3 Å². The predicted octanol–water partition coefficient (Wildman–Crippen LogP) is 3.90. The van der Waals surface area contributed by atoms with E-state index in [2.05, 4.69) is 5.32 Å². The van der Waals surface area contributed by atoms with Gasteiger partial charge in [-0.3, -0.25) is 14.8 Å². The number of amides is 1. The number of aliphatic hydroxyl groups is 1. The molecule has 0 radical (unpaired) electrons. The van der Waals surface area contributed by atoms with Crippen molar-refractivity contribution in [3.63, 3.8) is 0 Å². The minimum atomic E-state index is -1.47. The predicted molar refractivity (Wildman–Crippen MR) is 116 cm³/mol. The number of nitrogens with one attached hydrogen (secondary N) is 1. The van der Waals surface area contributed by atoms with Gasteiger partial charge in [0.1, 0.15) is 23.2 Å². The molecule has 0 saturated heterocycles. The summed E-state index contributed by atoms with van der Waals surface area (Å²) in [5.41, 5.74) is -0.0550. The molecular weight excluding hydrogens is 435 g/mol. The highest BCUT2D eigenvalue weighted by Crippen LogP contribution is 2.39. The Morgan fingerprint density at radius 3 is 2.18 bits per heavy atom. The van der Waals surface area contributed by atoms with Gasteiger partial charge in [-0.05, 0) is 36.4 Å². The number of carbonyl (C=O) groups excluding carboxylic acids is 1. The third-order valence-electron chi connectivity index (χ3n) is 5.26. The second-order valence-corrected chi connectivity index (χ2v) is 7.27. The van der Waals surface area contributed by atoms with Gasteiger partial charge < -0.3 is 15.2 Å². The number of para-hydroxylation sites is 1. The quantitative estimate of drug-likeness (QED) is 0.611. The molecule has 0 aliphatic carbocycles. The highest BCUT2D eigenvalue weighted by atomic mass is 19.1. The maximum absolute atomic E-state index is 15.0. The minimum absolute atomic E-state index is 0.0210. The molecule has 9 heteroatoms. The Balaban J connectivity index is 1.84. The van der Waals surface area contributed by atoms with Gasteiger partial charge in [0.05, 0.1) is 29.8 Å². The number of hydrazine groups is 1. The van der Waals surface area contributed by atoms with Crippen molar-refractivity contribution in [2.45, 2.75) is 6.23 Å². The van der Waals surface area contributed by atoms with Gasteiger partial charge in [0.15, 0.2) is 6.23 Å². The molecule has 1 atom stereocenters. The summed E-state index contributed by atoms with van der Waals surface area (Å²) in [4.78, 5) is 12.8. The number of halogens is 3. The third kappa shape index (κ3) is 4.10. The standard InChI is InChI=1S/C24H20F3N3O3/c1-29-22(20-18(26)12-17(33-2)13-19(20)27)21(24(32)30(29)16-6-4-3-5-7-16)28-23(31)14-8-10-15(25)11-9-14/h3-13,24,32H,1-2H3,(H,28,31). The first kappa shape index (κ1) is 22.2. The van der Waals surface area contributed by atoms with Crippen LogP contribution in [0, 0.1) is 17.5 Å². The summed E-state index contributed by atoms with van der Waals surface area (Å²) in [6.07, 6.45) is -1.47. The van der Waals surface area contributed by atoms with E-state index < -0.39 is 35.2 Å². The molecule has 0 saturated carbocycles. The summed E-state index contributed by atoms with van der Waals surface area (Å²) in [7, 11) is 2.79. The second-order valence-electron chi connectivity index (χ2n) is 7.27. The van der Waals surface area contributed by atoms with Gasteiger partial charge in [0.2, 0.25) is 0 Å². The molecule has 0 spiro atoms. The lowest BCUT2D eigenvalue weighted by molar-refractivity contribution is 0.0946. The van der Waals surface area contributed by atoms with Crippen LogP contribution in [0.3, 0.4) is 0 Å². The average molecular weight is 455 g/mol. The number of nitrogens with zero attached hydrogens (tertiary/aromatic N) is 2. The Kier molecular flexibility index (Phi) is 5.97. The summed E-state index contributed by atoms with van der Waals surface area (Å²) >= 11 is 0. The largest absolute Gasteiger partial charge is 0.497 e. The molecule has 0 bridgehead atoms. The molecule has 4 rings (SSSR count). The number of aliphatic hydroxyl groups excluding tert-OH is 1. The molecule has 33 heavy (non-hydrogen) atoms. The van der Waals surface area contributed by atoms with Crippen LogP contribution in [-0.2, 0) is 0 Å². The minimum Gasteiger partial charge on any atom is -0.497 e. The van der Waals surface area contributed by atoms with Crippen LogP contribution in [-0.4, -0.2) is 36.4 Å². The first-order valence-corrected chi connectivity index (χ1v) is 9.92. The van der Waals surface area contributed by atoms with Crippen molar-refractivity contribution in [1.29, 1.82) is 0 Å². The van der Waals surface area contributed by atoms with Crippen molar-refractivity contribution in [3.8, 4) is 5.75 Å². The van der Waals surface area contributed by atoms with Gasteiger partial charge in [-0.1, -0.05) is 18.2 Å². The molecule has 6 nitrogen and oxygen atoms in total.